The van der Waals surface area contributed by atoms with Crippen LogP contribution >= 0.6 is 11.3 Å². The number of nitrogens with zero attached hydrogens (tertiary/aromatic N) is 2. The summed E-state index contributed by atoms with van der Waals surface area (Å²) in [6, 6.07) is 1.19. The average molecular weight is 266 g/mol. The van der Waals surface area contributed by atoms with Gasteiger partial charge in [0.05, 0.1) is 23.1 Å². The van der Waals surface area contributed by atoms with Gasteiger partial charge < -0.3 is 11.1 Å². The number of pyridine rings is 1. The Morgan fingerprint density at radius 3 is 3.06 bits per heavy atom. The van der Waals surface area contributed by atoms with Crippen LogP contribution in [0.4, 0.5) is 10.1 Å². The Bertz CT molecular complexity index is 557. The number of carbonyl (C=O) groups excluding carboxylic acids is 1. The van der Waals surface area contributed by atoms with Crippen molar-refractivity contribution in [2.24, 2.45) is 5.73 Å². The van der Waals surface area contributed by atoms with Gasteiger partial charge in [-0.05, 0) is 6.54 Å². The molecule has 0 unspecified atom stereocenters. The van der Waals surface area contributed by atoms with Gasteiger partial charge in [-0.25, -0.2) is 9.37 Å². The number of hydrogen-bond donors (Lipinski definition) is 2. The lowest BCUT2D eigenvalue weighted by Crippen LogP contribution is -2.13. The van der Waals surface area contributed by atoms with Crippen molar-refractivity contribution in [3.63, 3.8) is 0 Å². The zero-order chi connectivity index (χ0) is 13.0. The van der Waals surface area contributed by atoms with Crippen LogP contribution in [0.15, 0.2) is 23.8 Å². The van der Waals surface area contributed by atoms with Crippen LogP contribution in [0.25, 0.3) is 0 Å². The quantitative estimate of drug-likeness (QED) is 0.877. The van der Waals surface area contributed by atoms with Crippen molar-refractivity contribution in [1.29, 1.82) is 0 Å². The Labute approximate surface area is 107 Å². The van der Waals surface area contributed by atoms with Crippen molar-refractivity contribution >= 4 is 22.9 Å². The summed E-state index contributed by atoms with van der Waals surface area (Å²) in [5.74, 6) is -0.892. The second kappa shape index (κ2) is 5.65. The number of aromatic nitrogens is 2. The molecule has 0 atom stereocenters. The maximum atomic E-state index is 12.9. The molecular weight excluding hydrogens is 255 g/mol. The molecule has 7 heteroatoms. The van der Waals surface area contributed by atoms with Crippen LogP contribution in [0.2, 0.25) is 0 Å². The molecule has 94 valence electrons. The first-order chi connectivity index (χ1) is 8.69. The van der Waals surface area contributed by atoms with Crippen molar-refractivity contribution in [2.45, 2.75) is 6.42 Å². The van der Waals surface area contributed by atoms with E-state index < -0.39 is 5.82 Å². The Kier molecular flexibility index (Phi) is 3.96. The van der Waals surface area contributed by atoms with Crippen LogP contribution in [0, 0.1) is 5.82 Å². The fraction of sp³-hybridized carbons (Fsp3) is 0.182. The number of amides is 1. The van der Waals surface area contributed by atoms with E-state index in [0.29, 0.717) is 24.3 Å². The van der Waals surface area contributed by atoms with E-state index in [1.54, 1.807) is 5.38 Å². The lowest BCUT2D eigenvalue weighted by Gasteiger charge is -2.01. The van der Waals surface area contributed by atoms with Gasteiger partial charge in [0.25, 0.3) is 5.91 Å². The molecule has 2 aromatic heterocycles. The first-order valence-corrected chi connectivity index (χ1v) is 6.13. The molecule has 18 heavy (non-hydrogen) atoms. The summed E-state index contributed by atoms with van der Waals surface area (Å²) < 4.78 is 12.9. The lowest BCUT2D eigenvalue weighted by atomic mass is 10.3. The van der Waals surface area contributed by atoms with E-state index >= 15 is 0 Å². The number of nitrogens with two attached hydrogens (primary N) is 1. The molecule has 0 spiro atoms. The first-order valence-electron chi connectivity index (χ1n) is 5.25. The third-order valence-corrected chi connectivity index (χ3v) is 3.01. The maximum absolute atomic E-state index is 12.9. The van der Waals surface area contributed by atoms with Crippen molar-refractivity contribution in [2.75, 3.05) is 11.9 Å². The van der Waals surface area contributed by atoms with Crippen LogP contribution in [0.3, 0.4) is 0 Å². The minimum Gasteiger partial charge on any atom is -0.330 e. The van der Waals surface area contributed by atoms with Gasteiger partial charge in [0.15, 0.2) is 0 Å². The zero-order valence-corrected chi connectivity index (χ0v) is 10.2. The van der Waals surface area contributed by atoms with Crippen LogP contribution in [-0.4, -0.2) is 22.4 Å². The lowest BCUT2D eigenvalue weighted by molar-refractivity contribution is 0.102. The van der Waals surface area contributed by atoms with Gasteiger partial charge in [0.2, 0.25) is 0 Å². The van der Waals surface area contributed by atoms with Gasteiger partial charge in [-0.2, -0.15) is 0 Å². The van der Waals surface area contributed by atoms with E-state index in [4.69, 9.17) is 5.73 Å². The Hall–Kier alpha value is -1.86. The van der Waals surface area contributed by atoms with E-state index in [0.717, 1.165) is 11.2 Å². The minimum absolute atomic E-state index is 0.299. The highest BCUT2D eigenvalue weighted by atomic mass is 32.1. The SMILES string of the molecule is NCCc1nc(C(=O)Nc2cncc(F)c2)cs1. The predicted molar refractivity (Wildman–Crippen MR) is 67.0 cm³/mol. The topological polar surface area (TPSA) is 80.9 Å². The Balaban J connectivity index is 2.07. The molecule has 0 saturated carbocycles. The summed E-state index contributed by atoms with van der Waals surface area (Å²) in [5.41, 5.74) is 6.00. The summed E-state index contributed by atoms with van der Waals surface area (Å²) in [7, 11) is 0. The molecule has 0 radical (unpaired) electrons. The van der Waals surface area contributed by atoms with E-state index in [1.807, 2.05) is 0 Å². The summed E-state index contributed by atoms with van der Waals surface area (Å²) in [4.78, 5) is 19.6. The smallest absolute Gasteiger partial charge is 0.275 e. The fourth-order valence-electron chi connectivity index (χ4n) is 1.33. The molecule has 2 rings (SSSR count). The fourth-order valence-corrected chi connectivity index (χ4v) is 2.12. The number of thiazole rings is 1. The molecule has 0 aliphatic rings. The number of hydrogen-bond acceptors (Lipinski definition) is 5. The van der Waals surface area contributed by atoms with E-state index in [1.165, 1.54) is 23.6 Å². The van der Waals surface area contributed by atoms with E-state index in [-0.39, 0.29) is 5.91 Å². The number of carbonyl (C=O) groups is 1. The number of halogens is 1. The molecule has 1 amide bonds. The van der Waals surface area contributed by atoms with Crippen LogP contribution < -0.4 is 11.1 Å². The minimum atomic E-state index is -0.505. The summed E-state index contributed by atoms with van der Waals surface area (Å²) in [6.07, 6.45) is 3.07. The highest BCUT2D eigenvalue weighted by Crippen LogP contribution is 2.13. The molecule has 2 heterocycles. The molecule has 3 N–H and O–H groups in total. The zero-order valence-electron chi connectivity index (χ0n) is 9.39. The van der Waals surface area contributed by atoms with Crippen LogP contribution in [0.1, 0.15) is 15.5 Å². The molecule has 0 fully saturated rings. The number of nitrogens with one attached hydrogen (secondary N) is 1. The maximum Gasteiger partial charge on any atom is 0.275 e. The third-order valence-electron chi connectivity index (χ3n) is 2.11. The van der Waals surface area contributed by atoms with Gasteiger partial charge >= 0.3 is 0 Å². The van der Waals surface area contributed by atoms with Gasteiger partial charge in [-0.15, -0.1) is 11.3 Å². The molecule has 0 aromatic carbocycles. The number of anilines is 1. The summed E-state index contributed by atoms with van der Waals surface area (Å²) in [5, 5.41) is 4.98. The molecule has 5 nitrogen and oxygen atoms in total. The Morgan fingerprint density at radius 2 is 2.33 bits per heavy atom. The third kappa shape index (κ3) is 3.08. The highest BCUT2D eigenvalue weighted by molar-refractivity contribution is 7.09. The average Bonchev–Trinajstić information content (AvgIpc) is 2.78. The second-order valence-corrected chi connectivity index (χ2v) is 4.45. The van der Waals surface area contributed by atoms with Gasteiger partial charge in [0.1, 0.15) is 11.5 Å². The molecule has 0 saturated heterocycles. The van der Waals surface area contributed by atoms with Crippen molar-refractivity contribution in [3.05, 3.63) is 40.4 Å². The first kappa shape index (κ1) is 12.6. The predicted octanol–water partition coefficient (Wildman–Crippen LogP) is 1.43. The number of rotatable bonds is 4. The molecule has 0 aliphatic carbocycles. The summed E-state index contributed by atoms with van der Waals surface area (Å²) >= 11 is 1.37. The molecule has 0 aliphatic heterocycles. The standard InChI is InChI=1S/C11H11FN4OS/c12-7-3-8(5-14-4-7)15-11(17)9-6-18-10(16-9)1-2-13/h3-6H,1-2,13H2,(H,15,17). The highest BCUT2D eigenvalue weighted by Gasteiger charge is 2.11. The monoisotopic (exact) mass is 266 g/mol. The van der Waals surface area contributed by atoms with Gasteiger partial charge in [-0.1, -0.05) is 0 Å². The van der Waals surface area contributed by atoms with Crippen molar-refractivity contribution in [1.82, 2.24) is 9.97 Å². The van der Waals surface area contributed by atoms with E-state index in [2.05, 4.69) is 15.3 Å². The van der Waals surface area contributed by atoms with Crippen LogP contribution in [-0.2, 0) is 6.42 Å². The van der Waals surface area contributed by atoms with Gasteiger partial charge in [0, 0.05) is 17.9 Å². The van der Waals surface area contributed by atoms with Crippen LogP contribution in [0.5, 0.6) is 0 Å². The van der Waals surface area contributed by atoms with Gasteiger partial charge in [-0.3, -0.25) is 9.78 Å². The largest absolute Gasteiger partial charge is 0.330 e. The molecule has 0 bridgehead atoms. The van der Waals surface area contributed by atoms with Crippen molar-refractivity contribution in [3.8, 4) is 0 Å². The second-order valence-electron chi connectivity index (χ2n) is 3.51. The van der Waals surface area contributed by atoms with E-state index in [9.17, 15) is 9.18 Å². The Morgan fingerprint density at radius 1 is 1.50 bits per heavy atom. The summed E-state index contributed by atoms with van der Waals surface area (Å²) in [6.45, 7) is 0.488. The van der Waals surface area contributed by atoms with Crippen molar-refractivity contribution < 1.29 is 9.18 Å². The molecule has 2 aromatic rings. The normalized spacial score (nSPS) is 10.3. The molecular formula is C11H11FN4OS.